The number of carbonyl (C=O) groups is 1. The van der Waals surface area contributed by atoms with Crippen molar-refractivity contribution >= 4 is 14.3 Å². The predicted molar refractivity (Wildman–Crippen MR) is 52.7 cm³/mol. The third-order valence-corrected chi connectivity index (χ3v) is 1.83. The van der Waals surface area contributed by atoms with Gasteiger partial charge in [-0.25, -0.2) is 4.79 Å². The van der Waals surface area contributed by atoms with Crippen LogP contribution in [0.3, 0.4) is 0 Å². The standard InChI is InChI=1S/C8H19NO2Si/c1-8(2,3)11-7(10)9-12(4,5)6/h1-6H3,(H,9,10). The maximum Gasteiger partial charge on any atom is 0.399 e. The van der Waals surface area contributed by atoms with Gasteiger partial charge in [0.25, 0.3) is 0 Å². The first-order valence-electron chi connectivity index (χ1n) is 4.11. The Morgan fingerprint density at radius 1 is 1.25 bits per heavy atom. The molecule has 0 saturated carbocycles. The third-order valence-electron chi connectivity index (χ3n) is 0.876. The second-order valence-corrected chi connectivity index (χ2v) is 9.63. The van der Waals surface area contributed by atoms with Crippen molar-refractivity contribution in [3.8, 4) is 0 Å². The normalized spacial score (nSPS) is 12.5. The Labute approximate surface area is 75.6 Å². The van der Waals surface area contributed by atoms with Gasteiger partial charge in [-0.2, -0.15) is 0 Å². The van der Waals surface area contributed by atoms with E-state index >= 15 is 0 Å². The Morgan fingerprint density at radius 3 is 1.92 bits per heavy atom. The summed E-state index contributed by atoms with van der Waals surface area (Å²) in [6.07, 6.45) is -0.304. The number of amides is 1. The molecule has 0 fully saturated rings. The van der Waals surface area contributed by atoms with Crippen LogP contribution in [0.5, 0.6) is 0 Å². The molecule has 72 valence electrons. The van der Waals surface area contributed by atoms with Gasteiger partial charge in [-0.05, 0) is 20.8 Å². The molecule has 0 heterocycles. The van der Waals surface area contributed by atoms with E-state index in [-0.39, 0.29) is 6.09 Å². The smallest absolute Gasteiger partial charge is 0.399 e. The van der Waals surface area contributed by atoms with E-state index in [2.05, 4.69) is 24.6 Å². The van der Waals surface area contributed by atoms with Gasteiger partial charge >= 0.3 is 6.09 Å². The number of hydrogen-bond acceptors (Lipinski definition) is 2. The first kappa shape index (κ1) is 11.5. The van der Waals surface area contributed by atoms with Crippen LogP contribution in [0.1, 0.15) is 20.8 Å². The highest BCUT2D eigenvalue weighted by Gasteiger charge is 2.21. The van der Waals surface area contributed by atoms with Crippen molar-refractivity contribution < 1.29 is 9.53 Å². The highest BCUT2D eigenvalue weighted by atomic mass is 28.3. The van der Waals surface area contributed by atoms with Crippen LogP contribution in [0.25, 0.3) is 0 Å². The maximum absolute atomic E-state index is 11.2. The van der Waals surface area contributed by atoms with Crippen LogP contribution in [0.4, 0.5) is 4.79 Å². The van der Waals surface area contributed by atoms with E-state index in [1.54, 1.807) is 0 Å². The summed E-state index contributed by atoms with van der Waals surface area (Å²) >= 11 is 0. The second-order valence-electron chi connectivity index (χ2n) is 4.88. The molecule has 0 atom stereocenters. The molecule has 3 nitrogen and oxygen atoms in total. The van der Waals surface area contributed by atoms with Crippen molar-refractivity contribution in [2.75, 3.05) is 0 Å². The summed E-state index contributed by atoms with van der Waals surface area (Å²) < 4.78 is 5.10. The highest BCUT2D eigenvalue weighted by molar-refractivity contribution is 6.75. The summed E-state index contributed by atoms with van der Waals surface area (Å²) in [5.41, 5.74) is -0.399. The molecule has 0 aliphatic heterocycles. The lowest BCUT2D eigenvalue weighted by molar-refractivity contribution is 0.0565. The monoisotopic (exact) mass is 189 g/mol. The maximum atomic E-state index is 11.2. The third kappa shape index (κ3) is 7.59. The van der Waals surface area contributed by atoms with Gasteiger partial charge < -0.3 is 9.72 Å². The zero-order valence-electron chi connectivity index (χ0n) is 8.82. The molecular formula is C8H19NO2Si. The van der Waals surface area contributed by atoms with Crippen molar-refractivity contribution in [2.24, 2.45) is 0 Å². The lowest BCUT2D eigenvalue weighted by atomic mass is 10.2. The Hall–Kier alpha value is -0.513. The van der Waals surface area contributed by atoms with Crippen LogP contribution in [0, 0.1) is 0 Å². The van der Waals surface area contributed by atoms with Crippen molar-refractivity contribution in [3.63, 3.8) is 0 Å². The minimum Gasteiger partial charge on any atom is -0.444 e. The largest absolute Gasteiger partial charge is 0.444 e. The number of rotatable bonds is 1. The fraction of sp³-hybridized carbons (Fsp3) is 0.875. The van der Waals surface area contributed by atoms with E-state index in [0.29, 0.717) is 0 Å². The van der Waals surface area contributed by atoms with Crippen LogP contribution in [0.15, 0.2) is 0 Å². The summed E-state index contributed by atoms with van der Waals surface area (Å²) in [6.45, 7) is 11.7. The summed E-state index contributed by atoms with van der Waals surface area (Å²) in [5, 5.41) is 0. The second kappa shape index (κ2) is 3.47. The predicted octanol–water partition coefficient (Wildman–Crippen LogP) is 2.35. The van der Waals surface area contributed by atoms with Gasteiger partial charge in [0.05, 0.1) is 0 Å². The van der Waals surface area contributed by atoms with Crippen LogP contribution in [-0.2, 0) is 4.74 Å². The fourth-order valence-electron chi connectivity index (χ4n) is 0.610. The van der Waals surface area contributed by atoms with Gasteiger partial charge in [-0.15, -0.1) is 0 Å². The van der Waals surface area contributed by atoms with Gasteiger partial charge in [0, 0.05) is 0 Å². The van der Waals surface area contributed by atoms with E-state index in [0.717, 1.165) is 0 Å². The molecule has 0 aromatic heterocycles. The van der Waals surface area contributed by atoms with E-state index in [1.165, 1.54) is 0 Å². The fourth-order valence-corrected chi connectivity index (χ4v) is 1.27. The van der Waals surface area contributed by atoms with Crippen molar-refractivity contribution in [2.45, 2.75) is 46.0 Å². The van der Waals surface area contributed by atoms with E-state index in [1.807, 2.05) is 20.8 Å². The molecule has 4 heteroatoms. The molecule has 0 aromatic rings. The van der Waals surface area contributed by atoms with Crippen molar-refractivity contribution in [3.05, 3.63) is 0 Å². The van der Waals surface area contributed by atoms with Gasteiger partial charge in [-0.3, -0.25) is 0 Å². The SMILES string of the molecule is CC(C)(C)OC(=O)N[Si](C)(C)C. The average molecular weight is 189 g/mol. The number of carbonyl (C=O) groups excluding carboxylic acids is 1. The zero-order valence-corrected chi connectivity index (χ0v) is 9.82. The molecule has 0 radical (unpaired) electrons. The van der Waals surface area contributed by atoms with Crippen LogP contribution >= 0.6 is 0 Å². The summed E-state index contributed by atoms with van der Waals surface area (Å²) in [6, 6.07) is 0. The Balaban J connectivity index is 3.92. The molecule has 1 amide bonds. The Morgan fingerprint density at radius 2 is 1.67 bits per heavy atom. The first-order valence-corrected chi connectivity index (χ1v) is 7.61. The molecule has 0 aliphatic carbocycles. The van der Waals surface area contributed by atoms with Crippen molar-refractivity contribution in [1.29, 1.82) is 0 Å². The van der Waals surface area contributed by atoms with Gasteiger partial charge in [0.15, 0.2) is 8.24 Å². The van der Waals surface area contributed by atoms with Crippen LogP contribution in [-0.4, -0.2) is 19.9 Å². The quantitative estimate of drug-likeness (QED) is 0.643. The van der Waals surface area contributed by atoms with Gasteiger partial charge in [-0.1, -0.05) is 19.6 Å². The summed E-state index contributed by atoms with van der Waals surface area (Å²) in [4.78, 5) is 14.0. The highest BCUT2D eigenvalue weighted by Crippen LogP contribution is 2.07. The average Bonchev–Trinajstić information content (AvgIpc) is 1.49. The molecule has 0 spiro atoms. The summed E-state index contributed by atoms with van der Waals surface area (Å²) in [5.74, 6) is 0. The molecule has 0 bridgehead atoms. The van der Waals surface area contributed by atoms with Gasteiger partial charge in [0.1, 0.15) is 5.60 Å². The number of ether oxygens (including phenoxy) is 1. The molecule has 12 heavy (non-hydrogen) atoms. The molecule has 0 saturated heterocycles. The summed E-state index contributed by atoms with van der Waals surface area (Å²) in [7, 11) is -1.54. The first-order chi connectivity index (χ1) is 5.10. The molecular weight excluding hydrogens is 170 g/mol. The number of hydrogen-bond donors (Lipinski definition) is 1. The molecule has 0 unspecified atom stereocenters. The molecule has 1 N–H and O–H groups in total. The lowest BCUT2D eigenvalue weighted by Gasteiger charge is -2.24. The Bertz CT molecular complexity index is 149. The van der Waals surface area contributed by atoms with Crippen LogP contribution < -0.4 is 4.98 Å². The van der Waals surface area contributed by atoms with Crippen molar-refractivity contribution in [1.82, 2.24) is 4.98 Å². The van der Waals surface area contributed by atoms with E-state index in [9.17, 15) is 4.79 Å². The van der Waals surface area contributed by atoms with E-state index in [4.69, 9.17) is 4.74 Å². The molecule has 0 aromatic carbocycles. The number of nitrogens with one attached hydrogen (secondary N) is 1. The van der Waals surface area contributed by atoms with Gasteiger partial charge in [0.2, 0.25) is 0 Å². The molecule has 0 aliphatic rings. The van der Waals surface area contributed by atoms with Crippen LogP contribution in [0.2, 0.25) is 19.6 Å². The van der Waals surface area contributed by atoms with E-state index < -0.39 is 13.8 Å². The Kier molecular flexibility index (Phi) is 3.32. The zero-order chi connectivity index (χ0) is 9.99. The minimum atomic E-state index is -1.54. The molecule has 0 rings (SSSR count). The lowest BCUT2D eigenvalue weighted by Crippen LogP contribution is -2.47. The minimum absolute atomic E-state index is 0.304. The topological polar surface area (TPSA) is 38.3 Å².